The smallest absolute Gasteiger partial charge is 0.310 e. The van der Waals surface area contributed by atoms with E-state index < -0.39 is 4.92 Å². The normalized spacial score (nSPS) is 10.9. The van der Waals surface area contributed by atoms with E-state index in [1.54, 1.807) is 19.2 Å². The van der Waals surface area contributed by atoms with Crippen LogP contribution in [-0.4, -0.2) is 31.3 Å². The number of nitrogens with one attached hydrogen (secondary N) is 1. The van der Waals surface area contributed by atoms with E-state index in [0.717, 1.165) is 24.9 Å². The predicted octanol–water partition coefficient (Wildman–Crippen LogP) is 2.90. The lowest BCUT2D eigenvalue weighted by molar-refractivity contribution is -0.386. The molecule has 0 atom stereocenters. The summed E-state index contributed by atoms with van der Waals surface area (Å²) in [7, 11) is 1.65. The van der Waals surface area contributed by atoms with Crippen molar-refractivity contribution in [1.29, 1.82) is 0 Å². The van der Waals surface area contributed by atoms with Crippen molar-refractivity contribution in [2.24, 2.45) is 0 Å². The number of nitro groups is 1. The van der Waals surface area contributed by atoms with E-state index in [1.165, 1.54) is 6.07 Å². The molecule has 1 rings (SSSR count). The van der Waals surface area contributed by atoms with Crippen molar-refractivity contribution in [3.05, 3.63) is 33.9 Å². The first-order chi connectivity index (χ1) is 10.1. The van der Waals surface area contributed by atoms with Crippen LogP contribution in [0.5, 0.6) is 5.75 Å². The molecule has 0 aliphatic heterocycles. The van der Waals surface area contributed by atoms with Gasteiger partial charge in [0.05, 0.1) is 17.6 Å². The molecule has 21 heavy (non-hydrogen) atoms. The van der Waals surface area contributed by atoms with Gasteiger partial charge in [0.15, 0.2) is 5.75 Å². The van der Waals surface area contributed by atoms with Crippen LogP contribution in [0.4, 0.5) is 5.69 Å². The molecule has 0 bridgehead atoms. The van der Waals surface area contributed by atoms with Gasteiger partial charge < -0.3 is 14.8 Å². The third-order valence-electron chi connectivity index (χ3n) is 3.24. The molecule has 0 radical (unpaired) electrons. The number of benzene rings is 1. The molecule has 0 aromatic heterocycles. The molecule has 118 valence electrons. The second kappa shape index (κ2) is 9.31. The lowest BCUT2D eigenvalue weighted by Crippen LogP contribution is -2.19. The van der Waals surface area contributed by atoms with E-state index in [9.17, 15) is 10.1 Å². The van der Waals surface area contributed by atoms with Crippen LogP contribution in [0.25, 0.3) is 0 Å². The van der Waals surface area contributed by atoms with Gasteiger partial charge in [-0.2, -0.15) is 0 Å². The molecule has 0 amide bonds. The lowest BCUT2D eigenvalue weighted by atomic mass is 10.1. The maximum absolute atomic E-state index is 11.1. The van der Waals surface area contributed by atoms with E-state index >= 15 is 0 Å². The molecule has 1 aromatic carbocycles. The molecule has 1 aromatic rings. The first-order valence-electron chi connectivity index (χ1n) is 7.25. The summed E-state index contributed by atoms with van der Waals surface area (Å²) in [5, 5.41) is 14.3. The van der Waals surface area contributed by atoms with Gasteiger partial charge in [0, 0.05) is 26.3 Å². The lowest BCUT2D eigenvalue weighted by Gasteiger charge is -2.16. The fraction of sp³-hybridized carbons (Fsp3) is 0.600. The topological polar surface area (TPSA) is 73.6 Å². The third-order valence-corrected chi connectivity index (χ3v) is 3.24. The van der Waals surface area contributed by atoms with Crippen LogP contribution in [0.2, 0.25) is 0 Å². The van der Waals surface area contributed by atoms with Crippen LogP contribution in [0.3, 0.4) is 0 Å². The van der Waals surface area contributed by atoms with Gasteiger partial charge in [0.1, 0.15) is 0 Å². The Bertz CT molecular complexity index is 447. The molecule has 0 aliphatic rings. The van der Waals surface area contributed by atoms with E-state index in [0.29, 0.717) is 18.9 Å². The number of methoxy groups -OCH3 is 1. The number of hydrogen-bond donors (Lipinski definition) is 1. The summed E-state index contributed by atoms with van der Waals surface area (Å²) in [5.41, 5.74) is 0.972. The number of hydrogen-bond acceptors (Lipinski definition) is 5. The molecule has 6 heteroatoms. The Morgan fingerprint density at radius 2 is 2.05 bits per heavy atom. The Balaban J connectivity index is 2.82. The number of nitro benzene ring substituents is 1. The fourth-order valence-electron chi connectivity index (χ4n) is 1.96. The molecule has 0 aliphatic carbocycles. The summed E-state index contributed by atoms with van der Waals surface area (Å²) in [6, 6.07) is 5.00. The van der Waals surface area contributed by atoms with E-state index in [2.05, 4.69) is 5.32 Å². The van der Waals surface area contributed by atoms with Crippen molar-refractivity contribution in [2.45, 2.75) is 39.3 Å². The highest BCUT2D eigenvalue weighted by Gasteiger charge is 2.18. The molecular formula is C15H24N2O4. The molecule has 1 N–H and O–H groups in total. The van der Waals surface area contributed by atoms with E-state index in [4.69, 9.17) is 9.47 Å². The maximum Gasteiger partial charge on any atom is 0.310 e. The molecule has 0 saturated carbocycles. The minimum absolute atomic E-state index is 0.000371. The molecule has 0 spiro atoms. The Morgan fingerprint density at radius 1 is 1.33 bits per heavy atom. The minimum Gasteiger partial charge on any atom is -0.484 e. The van der Waals surface area contributed by atoms with Crippen LogP contribution in [0.1, 0.15) is 32.3 Å². The zero-order valence-electron chi connectivity index (χ0n) is 12.9. The van der Waals surface area contributed by atoms with Gasteiger partial charge in [0.25, 0.3) is 0 Å². The second-order valence-electron chi connectivity index (χ2n) is 4.79. The summed E-state index contributed by atoms with van der Waals surface area (Å²) in [4.78, 5) is 10.7. The Labute approximate surface area is 125 Å². The predicted molar refractivity (Wildman–Crippen MR) is 81.7 cm³/mol. The maximum atomic E-state index is 11.1. The summed E-state index contributed by atoms with van der Waals surface area (Å²) in [6.07, 6.45) is 1.65. The standard InChI is InChI=1S/C15H24N2O4/c1-4-13(5-2)21-15-10-12(11-16-8-9-20-3)6-7-14(15)17(18)19/h6-7,10,13,16H,4-5,8-9,11H2,1-3H3. The Kier molecular flexibility index (Phi) is 7.71. The summed E-state index contributed by atoms with van der Waals surface area (Å²) >= 11 is 0. The van der Waals surface area contributed by atoms with Gasteiger partial charge in [-0.3, -0.25) is 10.1 Å². The number of nitrogens with zero attached hydrogens (tertiary/aromatic N) is 1. The highest BCUT2D eigenvalue weighted by Crippen LogP contribution is 2.29. The Hall–Kier alpha value is -1.66. The highest BCUT2D eigenvalue weighted by molar-refractivity contribution is 5.48. The van der Waals surface area contributed by atoms with Gasteiger partial charge in [-0.1, -0.05) is 19.9 Å². The van der Waals surface area contributed by atoms with Gasteiger partial charge in [-0.05, 0) is 24.5 Å². The SMILES string of the molecule is CCC(CC)Oc1cc(CNCCOC)ccc1[N+](=O)[O-]. The monoisotopic (exact) mass is 296 g/mol. The fourth-order valence-corrected chi connectivity index (χ4v) is 1.96. The van der Waals surface area contributed by atoms with Crippen LogP contribution in [0.15, 0.2) is 18.2 Å². The van der Waals surface area contributed by atoms with Crippen LogP contribution in [-0.2, 0) is 11.3 Å². The van der Waals surface area contributed by atoms with E-state index in [-0.39, 0.29) is 11.8 Å². The summed E-state index contributed by atoms with van der Waals surface area (Å²) < 4.78 is 10.7. The van der Waals surface area contributed by atoms with Crippen LogP contribution < -0.4 is 10.1 Å². The first-order valence-corrected chi connectivity index (χ1v) is 7.25. The van der Waals surface area contributed by atoms with E-state index in [1.807, 2.05) is 13.8 Å². The molecule has 0 saturated heterocycles. The minimum atomic E-state index is -0.403. The third kappa shape index (κ3) is 5.69. The zero-order chi connectivity index (χ0) is 15.7. The second-order valence-corrected chi connectivity index (χ2v) is 4.79. The quantitative estimate of drug-likeness (QED) is 0.408. The zero-order valence-corrected chi connectivity index (χ0v) is 12.9. The van der Waals surface area contributed by atoms with Gasteiger partial charge in [0.2, 0.25) is 0 Å². The van der Waals surface area contributed by atoms with Gasteiger partial charge in [-0.15, -0.1) is 0 Å². The number of rotatable bonds is 10. The number of ether oxygens (including phenoxy) is 2. The van der Waals surface area contributed by atoms with Gasteiger partial charge >= 0.3 is 5.69 Å². The molecule has 0 heterocycles. The molecular weight excluding hydrogens is 272 g/mol. The Morgan fingerprint density at radius 3 is 2.62 bits per heavy atom. The van der Waals surface area contributed by atoms with Crippen LogP contribution >= 0.6 is 0 Å². The summed E-state index contributed by atoms with van der Waals surface area (Å²) in [6.45, 7) is 6.01. The van der Waals surface area contributed by atoms with Crippen molar-refractivity contribution in [3.63, 3.8) is 0 Å². The summed E-state index contributed by atoms with van der Waals surface area (Å²) in [5.74, 6) is 0.347. The van der Waals surface area contributed by atoms with Crippen molar-refractivity contribution < 1.29 is 14.4 Å². The molecule has 0 unspecified atom stereocenters. The largest absolute Gasteiger partial charge is 0.484 e. The van der Waals surface area contributed by atoms with Gasteiger partial charge in [-0.25, -0.2) is 0 Å². The van der Waals surface area contributed by atoms with Crippen LogP contribution in [0, 0.1) is 10.1 Å². The van der Waals surface area contributed by atoms with Crippen molar-refractivity contribution in [3.8, 4) is 5.75 Å². The highest BCUT2D eigenvalue weighted by atomic mass is 16.6. The van der Waals surface area contributed by atoms with Crippen molar-refractivity contribution in [1.82, 2.24) is 5.32 Å². The average molecular weight is 296 g/mol. The average Bonchev–Trinajstić information content (AvgIpc) is 2.49. The molecule has 6 nitrogen and oxygen atoms in total. The first kappa shape index (κ1) is 17.4. The molecule has 0 fully saturated rings. The van der Waals surface area contributed by atoms with Crippen molar-refractivity contribution in [2.75, 3.05) is 20.3 Å². The van der Waals surface area contributed by atoms with Crippen molar-refractivity contribution >= 4 is 5.69 Å².